The van der Waals surface area contributed by atoms with E-state index in [4.69, 9.17) is 5.11 Å². The average Bonchev–Trinajstić information content (AvgIpc) is 2.32. The summed E-state index contributed by atoms with van der Waals surface area (Å²) in [6.07, 6.45) is 4.73. The summed E-state index contributed by atoms with van der Waals surface area (Å²) in [6, 6.07) is 3.08. The Morgan fingerprint density at radius 2 is 2.00 bits per heavy atom. The van der Waals surface area contributed by atoms with Gasteiger partial charge in [-0.2, -0.15) is 0 Å². The molecule has 2 heterocycles. The van der Waals surface area contributed by atoms with E-state index in [9.17, 15) is 4.79 Å². The number of hydrogen-bond donors (Lipinski definition) is 1. The van der Waals surface area contributed by atoms with Crippen LogP contribution in [0, 0.1) is 0 Å². The SMILES string of the molecule is O=C(O)c1cccnc1Sc1ncc(Br)cn1. The van der Waals surface area contributed by atoms with Crippen molar-refractivity contribution in [3.63, 3.8) is 0 Å². The van der Waals surface area contributed by atoms with Crippen LogP contribution in [0.15, 0.2) is 45.4 Å². The molecule has 7 heteroatoms. The van der Waals surface area contributed by atoms with Crippen LogP contribution >= 0.6 is 27.7 Å². The molecule has 0 fully saturated rings. The Bertz CT molecular complexity index is 548. The molecule has 0 aromatic carbocycles. The maximum Gasteiger partial charge on any atom is 0.338 e. The van der Waals surface area contributed by atoms with Gasteiger partial charge in [-0.1, -0.05) is 0 Å². The van der Waals surface area contributed by atoms with Crippen molar-refractivity contribution in [2.75, 3.05) is 0 Å². The number of carbonyl (C=O) groups is 1. The summed E-state index contributed by atoms with van der Waals surface area (Å²) in [4.78, 5) is 23.1. The molecule has 0 saturated carbocycles. The van der Waals surface area contributed by atoms with E-state index < -0.39 is 5.97 Å². The maximum atomic E-state index is 11.0. The lowest BCUT2D eigenvalue weighted by atomic mass is 10.3. The first kappa shape index (κ1) is 12.0. The van der Waals surface area contributed by atoms with Gasteiger partial charge < -0.3 is 5.11 Å². The second-order valence-corrected chi connectivity index (χ2v) is 4.82. The van der Waals surface area contributed by atoms with E-state index in [2.05, 4.69) is 30.9 Å². The van der Waals surface area contributed by atoms with Crippen molar-refractivity contribution in [1.82, 2.24) is 15.0 Å². The zero-order chi connectivity index (χ0) is 12.3. The van der Waals surface area contributed by atoms with Crippen LogP contribution in [-0.2, 0) is 0 Å². The van der Waals surface area contributed by atoms with Crippen molar-refractivity contribution in [2.45, 2.75) is 10.2 Å². The third-order valence-corrected chi connectivity index (χ3v) is 3.11. The standard InChI is InChI=1S/C10H6BrN3O2S/c11-6-4-13-10(14-5-6)17-8-7(9(15)16)2-1-3-12-8/h1-5H,(H,15,16). The van der Waals surface area contributed by atoms with Crippen molar-refractivity contribution in [3.8, 4) is 0 Å². The molecule has 0 unspecified atom stereocenters. The molecular weight excluding hydrogens is 306 g/mol. The van der Waals surface area contributed by atoms with Gasteiger partial charge in [-0.25, -0.2) is 19.7 Å². The van der Waals surface area contributed by atoms with Crippen molar-refractivity contribution in [2.24, 2.45) is 0 Å². The fourth-order valence-electron chi connectivity index (χ4n) is 1.07. The molecule has 0 spiro atoms. The Hall–Kier alpha value is -1.47. The number of rotatable bonds is 3. The zero-order valence-electron chi connectivity index (χ0n) is 8.37. The van der Waals surface area contributed by atoms with Gasteiger partial charge in [0.15, 0.2) is 5.16 Å². The summed E-state index contributed by atoms with van der Waals surface area (Å²) in [5.74, 6) is -1.02. The van der Waals surface area contributed by atoms with Gasteiger partial charge in [0.1, 0.15) is 5.03 Å². The number of pyridine rings is 1. The molecule has 0 bridgehead atoms. The molecule has 2 aromatic heterocycles. The summed E-state index contributed by atoms with van der Waals surface area (Å²) in [7, 11) is 0. The highest BCUT2D eigenvalue weighted by molar-refractivity contribution is 9.10. The van der Waals surface area contributed by atoms with Crippen LogP contribution in [0.4, 0.5) is 0 Å². The molecule has 0 atom stereocenters. The zero-order valence-corrected chi connectivity index (χ0v) is 10.8. The van der Waals surface area contributed by atoms with Gasteiger partial charge in [0, 0.05) is 18.6 Å². The van der Waals surface area contributed by atoms with Gasteiger partial charge in [0.05, 0.1) is 10.0 Å². The maximum absolute atomic E-state index is 11.0. The van der Waals surface area contributed by atoms with E-state index >= 15 is 0 Å². The van der Waals surface area contributed by atoms with Crippen LogP contribution in [0.5, 0.6) is 0 Å². The van der Waals surface area contributed by atoms with E-state index in [1.54, 1.807) is 18.5 Å². The molecule has 0 aliphatic rings. The number of carboxylic acids is 1. The van der Waals surface area contributed by atoms with Crippen LogP contribution in [0.2, 0.25) is 0 Å². The molecular formula is C10H6BrN3O2S. The first-order valence-corrected chi connectivity index (χ1v) is 6.11. The summed E-state index contributed by atoms with van der Waals surface area (Å²) < 4.78 is 0.765. The largest absolute Gasteiger partial charge is 0.478 e. The second-order valence-electron chi connectivity index (χ2n) is 2.95. The van der Waals surface area contributed by atoms with Gasteiger partial charge in [-0.3, -0.25) is 0 Å². The monoisotopic (exact) mass is 311 g/mol. The predicted molar refractivity (Wildman–Crippen MR) is 65.1 cm³/mol. The topological polar surface area (TPSA) is 76.0 Å². The Morgan fingerprint density at radius 1 is 1.29 bits per heavy atom. The van der Waals surface area contributed by atoms with Gasteiger partial charge in [-0.05, 0) is 39.8 Å². The second kappa shape index (κ2) is 5.24. The van der Waals surface area contributed by atoms with Crippen molar-refractivity contribution in [3.05, 3.63) is 40.8 Å². The number of aromatic nitrogens is 3. The van der Waals surface area contributed by atoms with Crippen molar-refractivity contribution in [1.29, 1.82) is 0 Å². The number of carboxylic acid groups (broad SMARTS) is 1. The molecule has 86 valence electrons. The molecule has 0 saturated heterocycles. The third-order valence-electron chi connectivity index (χ3n) is 1.79. The number of hydrogen-bond acceptors (Lipinski definition) is 5. The molecule has 0 aliphatic carbocycles. The molecule has 2 rings (SSSR count). The van der Waals surface area contributed by atoms with Gasteiger partial charge in [0.25, 0.3) is 0 Å². The van der Waals surface area contributed by atoms with E-state index in [-0.39, 0.29) is 5.56 Å². The third kappa shape index (κ3) is 3.01. The summed E-state index contributed by atoms with van der Waals surface area (Å²) in [6.45, 7) is 0. The predicted octanol–water partition coefficient (Wildman–Crippen LogP) is 2.48. The normalized spacial score (nSPS) is 10.2. The van der Waals surface area contributed by atoms with Crippen LogP contribution in [-0.4, -0.2) is 26.0 Å². The Balaban J connectivity index is 2.30. The summed E-state index contributed by atoms with van der Waals surface area (Å²) >= 11 is 4.34. The molecule has 17 heavy (non-hydrogen) atoms. The molecule has 0 aliphatic heterocycles. The van der Waals surface area contributed by atoms with Crippen LogP contribution in [0.25, 0.3) is 0 Å². The lowest BCUT2D eigenvalue weighted by Crippen LogP contribution is -2.00. The van der Waals surface area contributed by atoms with Crippen LogP contribution in [0.1, 0.15) is 10.4 Å². The highest BCUT2D eigenvalue weighted by Gasteiger charge is 2.12. The van der Waals surface area contributed by atoms with E-state index in [1.807, 2.05) is 0 Å². The Morgan fingerprint density at radius 3 is 2.65 bits per heavy atom. The number of halogens is 1. The minimum Gasteiger partial charge on any atom is -0.478 e. The lowest BCUT2D eigenvalue weighted by molar-refractivity contribution is 0.0692. The summed E-state index contributed by atoms with van der Waals surface area (Å²) in [5.41, 5.74) is 0.143. The fourth-order valence-corrected chi connectivity index (χ4v) is 2.04. The number of aromatic carboxylic acids is 1. The van der Waals surface area contributed by atoms with Crippen molar-refractivity contribution < 1.29 is 9.90 Å². The molecule has 0 radical (unpaired) electrons. The average molecular weight is 312 g/mol. The first-order chi connectivity index (χ1) is 8.16. The van der Waals surface area contributed by atoms with Crippen molar-refractivity contribution >= 4 is 33.7 Å². The van der Waals surface area contributed by atoms with Gasteiger partial charge in [-0.15, -0.1) is 0 Å². The minimum absolute atomic E-state index is 0.143. The van der Waals surface area contributed by atoms with Crippen LogP contribution < -0.4 is 0 Å². The molecule has 5 nitrogen and oxygen atoms in total. The van der Waals surface area contributed by atoms with E-state index in [0.717, 1.165) is 16.2 Å². The highest BCUT2D eigenvalue weighted by atomic mass is 79.9. The quantitative estimate of drug-likeness (QED) is 0.878. The number of nitrogens with zero attached hydrogens (tertiary/aromatic N) is 3. The first-order valence-electron chi connectivity index (χ1n) is 4.50. The summed E-state index contributed by atoms with van der Waals surface area (Å²) in [5, 5.41) is 9.82. The van der Waals surface area contributed by atoms with Gasteiger partial charge >= 0.3 is 5.97 Å². The van der Waals surface area contributed by atoms with E-state index in [1.165, 1.54) is 12.3 Å². The minimum atomic E-state index is -1.02. The lowest BCUT2D eigenvalue weighted by Gasteiger charge is -2.02. The molecule has 0 amide bonds. The highest BCUT2D eigenvalue weighted by Crippen LogP contribution is 2.25. The van der Waals surface area contributed by atoms with E-state index in [0.29, 0.717) is 10.2 Å². The van der Waals surface area contributed by atoms with Gasteiger partial charge in [0.2, 0.25) is 0 Å². The Labute approximate surface area is 109 Å². The molecule has 2 aromatic rings. The van der Waals surface area contributed by atoms with Crippen LogP contribution in [0.3, 0.4) is 0 Å². The molecule has 1 N–H and O–H groups in total. The fraction of sp³-hybridized carbons (Fsp3) is 0. The smallest absolute Gasteiger partial charge is 0.338 e. The Kier molecular flexibility index (Phi) is 3.70.